The van der Waals surface area contributed by atoms with Crippen molar-refractivity contribution >= 4 is 23.4 Å². The molecule has 9 heteroatoms. The highest BCUT2D eigenvalue weighted by atomic mass is 16.2. The number of nitrogens with zero attached hydrogens (tertiary/aromatic N) is 3. The van der Waals surface area contributed by atoms with Crippen molar-refractivity contribution in [2.24, 2.45) is 21.9 Å². The fraction of sp³-hybridized carbons (Fsp3) is 0.565. The maximum atomic E-state index is 11.8. The predicted octanol–water partition coefficient (Wildman–Crippen LogP) is 3.29. The number of aryl methyl sites for hydroxylation is 1. The standard InChI is InChI=1S/C20H32N6O2.C3H6O/c1-16(8-6-11-17-9-4-3-5-10-17)20(23-2)26(25-22)15-7-12-19(28)24-14-13-18(21)27;1-3(2)4/h3-5,9-10,16,22H,6-8,11-15H2,1-2H3,(H2,21,27)(H,24,28);1-2H3/t16-;/m1./s1. The summed E-state index contributed by atoms with van der Waals surface area (Å²) < 4.78 is 0. The van der Waals surface area contributed by atoms with Crippen LogP contribution in [0, 0.1) is 11.4 Å². The van der Waals surface area contributed by atoms with E-state index in [2.05, 4.69) is 34.6 Å². The van der Waals surface area contributed by atoms with Crippen LogP contribution in [0.1, 0.15) is 58.4 Å². The second-order valence-corrected chi connectivity index (χ2v) is 7.66. The fourth-order valence-electron chi connectivity index (χ4n) is 3.00. The SMILES string of the molecule is CC(C)=O.CN=C([C@H](C)CCCc1ccccc1)N(CCCC(=O)NCCC(N)=O)N=N. The van der Waals surface area contributed by atoms with Gasteiger partial charge >= 0.3 is 0 Å². The number of amides is 2. The van der Waals surface area contributed by atoms with Crippen molar-refractivity contribution in [3.63, 3.8) is 0 Å². The van der Waals surface area contributed by atoms with Gasteiger partial charge in [-0.1, -0.05) is 42.5 Å². The molecule has 1 aromatic rings. The Labute approximate surface area is 191 Å². The van der Waals surface area contributed by atoms with E-state index in [1.165, 1.54) is 19.4 Å². The van der Waals surface area contributed by atoms with Crippen LogP contribution >= 0.6 is 0 Å². The molecule has 32 heavy (non-hydrogen) atoms. The summed E-state index contributed by atoms with van der Waals surface area (Å²) in [5, 5.41) is 7.80. The Morgan fingerprint density at radius 1 is 1.12 bits per heavy atom. The maximum Gasteiger partial charge on any atom is 0.220 e. The lowest BCUT2D eigenvalue weighted by atomic mass is 9.99. The van der Waals surface area contributed by atoms with Crippen molar-refractivity contribution in [2.75, 3.05) is 20.1 Å². The number of carbonyl (C=O) groups is 3. The lowest BCUT2D eigenvalue weighted by Crippen LogP contribution is -2.33. The molecule has 4 N–H and O–H groups in total. The van der Waals surface area contributed by atoms with Gasteiger partial charge in [0.1, 0.15) is 11.6 Å². The minimum absolute atomic E-state index is 0.132. The first-order chi connectivity index (χ1) is 15.2. The number of primary amides is 1. The Morgan fingerprint density at radius 2 is 1.75 bits per heavy atom. The largest absolute Gasteiger partial charge is 0.370 e. The second-order valence-electron chi connectivity index (χ2n) is 7.66. The van der Waals surface area contributed by atoms with E-state index in [1.807, 2.05) is 18.2 Å². The zero-order valence-electron chi connectivity index (χ0n) is 19.8. The molecule has 9 nitrogen and oxygen atoms in total. The highest BCUT2D eigenvalue weighted by Gasteiger charge is 2.17. The molecule has 0 aliphatic carbocycles. The van der Waals surface area contributed by atoms with Crippen LogP contribution in [0.5, 0.6) is 0 Å². The number of amidine groups is 1. The van der Waals surface area contributed by atoms with E-state index >= 15 is 0 Å². The number of carbonyl (C=O) groups excluding carboxylic acids is 3. The topological polar surface area (TPSA) is 141 Å². The van der Waals surface area contributed by atoms with Crippen LogP contribution in [0.2, 0.25) is 0 Å². The Kier molecular flexibility index (Phi) is 15.9. The number of hydrogen-bond donors (Lipinski definition) is 3. The number of nitrogens with two attached hydrogens (primary N) is 1. The summed E-state index contributed by atoms with van der Waals surface area (Å²) in [6, 6.07) is 10.4. The Morgan fingerprint density at radius 3 is 2.28 bits per heavy atom. The van der Waals surface area contributed by atoms with E-state index in [4.69, 9.17) is 11.3 Å². The summed E-state index contributed by atoms with van der Waals surface area (Å²) in [6.45, 7) is 5.84. The molecule has 0 radical (unpaired) electrons. The van der Waals surface area contributed by atoms with Crippen LogP contribution in [0.25, 0.3) is 0 Å². The number of aliphatic imine (C=N–C) groups is 1. The summed E-state index contributed by atoms with van der Waals surface area (Å²) in [6.07, 6.45) is 3.95. The van der Waals surface area contributed by atoms with E-state index in [0.29, 0.717) is 19.4 Å². The molecule has 0 saturated heterocycles. The molecule has 0 unspecified atom stereocenters. The average molecular weight is 447 g/mol. The summed E-state index contributed by atoms with van der Waals surface area (Å²) in [5.41, 5.74) is 13.8. The molecule has 0 saturated carbocycles. The monoisotopic (exact) mass is 446 g/mol. The van der Waals surface area contributed by atoms with Crippen LogP contribution in [-0.2, 0) is 20.8 Å². The summed E-state index contributed by atoms with van der Waals surface area (Å²) in [5.74, 6) is 0.519. The number of ketones is 1. The van der Waals surface area contributed by atoms with Crippen LogP contribution < -0.4 is 11.1 Å². The van der Waals surface area contributed by atoms with E-state index < -0.39 is 5.91 Å². The quantitative estimate of drug-likeness (QED) is 0.185. The highest BCUT2D eigenvalue weighted by Crippen LogP contribution is 2.15. The number of benzene rings is 1. The summed E-state index contributed by atoms with van der Waals surface area (Å²) in [4.78, 5) is 36.2. The van der Waals surface area contributed by atoms with Gasteiger partial charge in [0.15, 0.2) is 0 Å². The van der Waals surface area contributed by atoms with Gasteiger partial charge in [-0.25, -0.2) is 5.01 Å². The van der Waals surface area contributed by atoms with Crippen LogP contribution in [0.3, 0.4) is 0 Å². The predicted molar refractivity (Wildman–Crippen MR) is 126 cm³/mol. The molecule has 0 fully saturated rings. The number of hydrogen-bond acceptors (Lipinski definition) is 6. The lowest BCUT2D eigenvalue weighted by molar-refractivity contribution is -0.121. The molecule has 0 aliphatic heterocycles. The first-order valence-corrected chi connectivity index (χ1v) is 10.9. The van der Waals surface area contributed by atoms with Gasteiger partial charge < -0.3 is 15.8 Å². The Balaban J connectivity index is 0.00000220. The third-order valence-corrected chi connectivity index (χ3v) is 4.47. The first kappa shape index (κ1) is 28.9. The molecule has 2 amide bonds. The molecule has 1 atom stereocenters. The average Bonchev–Trinajstić information content (AvgIpc) is 2.73. The zero-order valence-corrected chi connectivity index (χ0v) is 19.8. The Hall–Kier alpha value is -3.10. The molecule has 0 heterocycles. The molecule has 1 rings (SSSR count). The van der Waals surface area contributed by atoms with Gasteiger partial charge in [-0.3, -0.25) is 14.6 Å². The smallest absolute Gasteiger partial charge is 0.220 e. The van der Waals surface area contributed by atoms with Crippen molar-refractivity contribution < 1.29 is 14.4 Å². The first-order valence-electron chi connectivity index (χ1n) is 10.9. The van der Waals surface area contributed by atoms with E-state index in [-0.39, 0.29) is 30.6 Å². The van der Waals surface area contributed by atoms with Gasteiger partial charge in [0.05, 0.1) is 0 Å². The van der Waals surface area contributed by atoms with Crippen molar-refractivity contribution in [3.8, 4) is 0 Å². The molecule has 0 spiro atoms. The molecule has 0 bridgehead atoms. The number of rotatable bonds is 13. The fourth-order valence-corrected chi connectivity index (χ4v) is 3.00. The molecule has 178 valence electrons. The summed E-state index contributed by atoms with van der Waals surface area (Å²) >= 11 is 0. The van der Waals surface area contributed by atoms with Gasteiger partial charge in [0, 0.05) is 38.9 Å². The Bertz CT molecular complexity index is 733. The van der Waals surface area contributed by atoms with Crippen LogP contribution in [0.4, 0.5) is 0 Å². The molecular weight excluding hydrogens is 408 g/mol. The van der Waals surface area contributed by atoms with E-state index in [0.717, 1.165) is 25.1 Å². The number of nitrogens with one attached hydrogen (secondary N) is 2. The molecule has 0 aromatic heterocycles. The van der Waals surface area contributed by atoms with Crippen molar-refractivity contribution in [1.82, 2.24) is 10.3 Å². The maximum absolute atomic E-state index is 11.8. The zero-order chi connectivity index (χ0) is 24.4. The summed E-state index contributed by atoms with van der Waals surface area (Å²) in [7, 11) is 1.71. The van der Waals surface area contributed by atoms with E-state index in [9.17, 15) is 14.4 Å². The third kappa shape index (κ3) is 14.8. The van der Waals surface area contributed by atoms with Gasteiger partial charge in [0.25, 0.3) is 0 Å². The molecule has 0 aliphatic rings. The van der Waals surface area contributed by atoms with Gasteiger partial charge in [0.2, 0.25) is 11.8 Å². The van der Waals surface area contributed by atoms with Gasteiger partial charge in [-0.2, -0.15) is 5.53 Å². The van der Waals surface area contributed by atoms with Crippen LogP contribution in [0.15, 0.2) is 40.5 Å². The van der Waals surface area contributed by atoms with Gasteiger partial charge in [-0.05, 0) is 45.1 Å². The van der Waals surface area contributed by atoms with Crippen molar-refractivity contribution in [1.29, 1.82) is 5.53 Å². The highest BCUT2D eigenvalue weighted by molar-refractivity contribution is 5.84. The minimum atomic E-state index is -0.440. The van der Waals surface area contributed by atoms with Crippen LogP contribution in [-0.4, -0.2) is 48.6 Å². The van der Waals surface area contributed by atoms with Crippen molar-refractivity contribution in [3.05, 3.63) is 35.9 Å². The second kappa shape index (κ2) is 17.6. The van der Waals surface area contributed by atoms with Gasteiger partial charge in [-0.15, -0.1) is 0 Å². The van der Waals surface area contributed by atoms with E-state index in [1.54, 1.807) is 12.1 Å². The minimum Gasteiger partial charge on any atom is -0.370 e. The third-order valence-electron chi connectivity index (χ3n) is 4.47. The van der Waals surface area contributed by atoms with Crippen molar-refractivity contribution in [2.45, 2.75) is 59.3 Å². The normalized spacial score (nSPS) is 11.6. The lowest BCUT2D eigenvalue weighted by Gasteiger charge is -2.23. The molecule has 1 aromatic carbocycles. The number of Topliss-reactive ketones (excluding diaryl/α,β-unsaturated/α-hetero) is 1. The molecular formula is C23H38N6O3.